The van der Waals surface area contributed by atoms with Crippen molar-refractivity contribution in [3.63, 3.8) is 0 Å². The Balaban J connectivity index is 1.89. The zero-order chi connectivity index (χ0) is 19.8. The Kier molecular flexibility index (Phi) is 4.85. The molecule has 3 N–H and O–H groups in total. The van der Waals surface area contributed by atoms with E-state index in [0.29, 0.717) is 13.0 Å². The van der Waals surface area contributed by atoms with Gasteiger partial charge in [-0.3, -0.25) is 10.1 Å². The first-order valence-corrected chi connectivity index (χ1v) is 9.84. The smallest absolute Gasteiger partial charge is 0.321 e. The summed E-state index contributed by atoms with van der Waals surface area (Å²) in [5, 5.41) is 14.2. The maximum Gasteiger partial charge on any atom is 0.321 e. The summed E-state index contributed by atoms with van der Waals surface area (Å²) in [6, 6.07) is 13.4. The number of carboxylic acid groups (broad SMARTS) is 1. The van der Waals surface area contributed by atoms with Crippen LogP contribution >= 0.6 is 0 Å². The minimum Gasteiger partial charge on any atom is -0.494 e. The standard InChI is InChI=1S/C23H26N2O3/c1-4-28-14-9-10-16(17(11-14)13(2)3)21-22-18(12-20(25-21)23(26)27)15-7-5-6-8-19(15)24-22/h5-11,13,20-21,24-25H,4,12H2,1-3H3,(H,26,27). The number of benzene rings is 2. The Morgan fingerprint density at radius 1 is 1.25 bits per heavy atom. The van der Waals surface area contributed by atoms with Crippen LogP contribution in [0.25, 0.3) is 10.9 Å². The van der Waals surface area contributed by atoms with Gasteiger partial charge >= 0.3 is 5.97 Å². The van der Waals surface area contributed by atoms with E-state index >= 15 is 0 Å². The molecule has 2 unspecified atom stereocenters. The van der Waals surface area contributed by atoms with Gasteiger partial charge in [-0.15, -0.1) is 0 Å². The maximum atomic E-state index is 11.9. The lowest BCUT2D eigenvalue weighted by molar-refractivity contribution is -0.139. The van der Waals surface area contributed by atoms with E-state index in [9.17, 15) is 9.90 Å². The lowest BCUT2D eigenvalue weighted by atomic mass is 9.85. The molecule has 0 fully saturated rings. The molecule has 0 bridgehead atoms. The van der Waals surface area contributed by atoms with Crippen LogP contribution in [0.3, 0.4) is 0 Å². The van der Waals surface area contributed by atoms with E-state index in [0.717, 1.165) is 33.5 Å². The topological polar surface area (TPSA) is 74.3 Å². The number of rotatable bonds is 5. The molecule has 2 heterocycles. The number of aromatic amines is 1. The minimum atomic E-state index is -0.821. The van der Waals surface area contributed by atoms with Gasteiger partial charge in [0.1, 0.15) is 11.8 Å². The van der Waals surface area contributed by atoms with Crippen molar-refractivity contribution >= 4 is 16.9 Å². The highest BCUT2D eigenvalue weighted by atomic mass is 16.5. The second-order valence-electron chi connectivity index (χ2n) is 7.64. The van der Waals surface area contributed by atoms with Gasteiger partial charge in [-0.25, -0.2) is 0 Å². The molecule has 3 aromatic rings. The second-order valence-corrected chi connectivity index (χ2v) is 7.64. The maximum absolute atomic E-state index is 11.9. The lowest BCUT2D eigenvalue weighted by Gasteiger charge is -2.31. The molecule has 28 heavy (non-hydrogen) atoms. The molecule has 4 rings (SSSR count). The number of hydrogen-bond acceptors (Lipinski definition) is 3. The van der Waals surface area contributed by atoms with E-state index in [1.165, 1.54) is 5.56 Å². The highest BCUT2D eigenvalue weighted by Gasteiger charge is 2.35. The van der Waals surface area contributed by atoms with Crippen LogP contribution in [-0.4, -0.2) is 28.7 Å². The van der Waals surface area contributed by atoms with E-state index in [1.807, 2.05) is 31.2 Å². The number of H-pyrrole nitrogens is 1. The quantitative estimate of drug-likeness (QED) is 0.616. The summed E-state index contributed by atoms with van der Waals surface area (Å²) < 4.78 is 5.69. The van der Waals surface area contributed by atoms with Gasteiger partial charge in [0.15, 0.2) is 0 Å². The highest BCUT2D eigenvalue weighted by Crippen LogP contribution is 2.38. The van der Waals surface area contributed by atoms with Crippen molar-refractivity contribution in [3.8, 4) is 5.75 Å². The molecule has 5 nitrogen and oxygen atoms in total. The van der Waals surface area contributed by atoms with Gasteiger partial charge in [0, 0.05) is 23.0 Å². The van der Waals surface area contributed by atoms with Gasteiger partial charge in [0.25, 0.3) is 0 Å². The number of para-hydroxylation sites is 1. The van der Waals surface area contributed by atoms with Crippen LogP contribution in [0.1, 0.15) is 55.1 Å². The number of carboxylic acids is 1. The minimum absolute atomic E-state index is 0.203. The van der Waals surface area contributed by atoms with Crippen molar-refractivity contribution in [2.75, 3.05) is 6.61 Å². The Morgan fingerprint density at radius 3 is 2.75 bits per heavy atom. The fourth-order valence-electron chi connectivity index (χ4n) is 4.21. The predicted molar refractivity (Wildman–Crippen MR) is 110 cm³/mol. The number of hydrogen-bond donors (Lipinski definition) is 3. The first-order chi connectivity index (χ1) is 13.5. The predicted octanol–water partition coefficient (Wildman–Crippen LogP) is 4.38. The van der Waals surface area contributed by atoms with Crippen LogP contribution in [-0.2, 0) is 11.2 Å². The molecule has 0 amide bonds. The van der Waals surface area contributed by atoms with Crippen molar-refractivity contribution in [1.29, 1.82) is 0 Å². The molecule has 0 aliphatic carbocycles. The van der Waals surface area contributed by atoms with E-state index < -0.39 is 12.0 Å². The van der Waals surface area contributed by atoms with Crippen LogP contribution in [0, 0.1) is 0 Å². The van der Waals surface area contributed by atoms with Crippen LogP contribution < -0.4 is 10.1 Å². The van der Waals surface area contributed by atoms with Crippen LogP contribution in [0.4, 0.5) is 0 Å². The molecule has 1 aromatic heterocycles. The third kappa shape index (κ3) is 3.16. The molecule has 0 radical (unpaired) electrons. The molecular weight excluding hydrogens is 352 g/mol. The van der Waals surface area contributed by atoms with Crippen LogP contribution in [0.2, 0.25) is 0 Å². The highest BCUT2D eigenvalue weighted by molar-refractivity contribution is 5.87. The van der Waals surface area contributed by atoms with Gasteiger partial charge < -0.3 is 14.8 Å². The number of ether oxygens (including phenoxy) is 1. The zero-order valence-electron chi connectivity index (χ0n) is 16.5. The molecule has 1 aliphatic heterocycles. The molecule has 0 saturated heterocycles. The summed E-state index contributed by atoms with van der Waals surface area (Å²) in [6.07, 6.45) is 0.471. The molecule has 0 saturated carbocycles. The van der Waals surface area contributed by atoms with Gasteiger partial charge in [0.05, 0.1) is 12.6 Å². The molecule has 146 valence electrons. The van der Waals surface area contributed by atoms with E-state index in [4.69, 9.17) is 4.74 Å². The van der Waals surface area contributed by atoms with Crippen LogP contribution in [0.15, 0.2) is 42.5 Å². The van der Waals surface area contributed by atoms with E-state index in [1.54, 1.807) is 0 Å². The van der Waals surface area contributed by atoms with Gasteiger partial charge in [-0.05, 0) is 47.7 Å². The average Bonchev–Trinajstić information content (AvgIpc) is 3.06. The van der Waals surface area contributed by atoms with Crippen LogP contribution in [0.5, 0.6) is 5.75 Å². The Labute approximate surface area is 164 Å². The van der Waals surface area contributed by atoms with Crippen molar-refractivity contribution in [2.24, 2.45) is 0 Å². The molecule has 2 atom stereocenters. The summed E-state index contributed by atoms with van der Waals surface area (Å²) in [4.78, 5) is 15.4. The molecule has 0 spiro atoms. The van der Waals surface area contributed by atoms with Crippen molar-refractivity contribution in [3.05, 3.63) is 64.8 Å². The Bertz CT molecular complexity index is 1020. The summed E-state index contributed by atoms with van der Waals surface area (Å²) >= 11 is 0. The lowest BCUT2D eigenvalue weighted by Crippen LogP contribution is -2.45. The summed E-state index contributed by atoms with van der Waals surface area (Å²) in [7, 11) is 0. The Hall–Kier alpha value is -2.79. The second kappa shape index (κ2) is 7.32. The molecule has 2 aromatic carbocycles. The third-order valence-electron chi connectivity index (χ3n) is 5.51. The Morgan fingerprint density at radius 2 is 2.04 bits per heavy atom. The molecule has 1 aliphatic rings. The fraction of sp³-hybridized carbons (Fsp3) is 0.348. The monoisotopic (exact) mass is 378 g/mol. The zero-order valence-corrected chi connectivity index (χ0v) is 16.5. The third-order valence-corrected chi connectivity index (χ3v) is 5.51. The van der Waals surface area contributed by atoms with Crippen molar-refractivity contribution < 1.29 is 14.6 Å². The first kappa shape index (κ1) is 18.6. The number of aliphatic carboxylic acids is 1. The number of nitrogens with one attached hydrogen (secondary N) is 2. The number of aromatic nitrogens is 1. The molecule has 5 heteroatoms. The normalized spacial score (nSPS) is 19.0. The largest absolute Gasteiger partial charge is 0.494 e. The van der Waals surface area contributed by atoms with E-state index in [2.05, 4.69) is 42.3 Å². The average molecular weight is 378 g/mol. The fourth-order valence-corrected chi connectivity index (χ4v) is 4.21. The SMILES string of the molecule is CCOc1ccc(C2NC(C(=O)O)Cc3c2[nH]c2ccccc32)c(C(C)C)c1. The summed E-state index contributed by atoms with van der Waals surface area (Å²) in [6.45, 7) is 6.89. The number of carbonyl (C=O) groups is 1. The van der Waals surface area contributed by atoms with Gasteiger partial charge in [0.2, 0.25) is 0 Å². The van der Waals surface area contributed by atoms with Gasteiger partial charge in [-0.2, -0.15) is 0 Å². The van der Waals surface area contributed by atoms with Crippen molar-refractivity contribution in [2.45, 2.75) is 45.2 Å². The summed E-state index contributed by atoms with van der Waals surface area (Å²) in [5.41, 5.74) is 5.46. The summed E-state index contributed by atoms with van der Waals surface area (Å²) in [5.74, 6) is 0.311. The molecular formula is C23H26N2O3. The van der Waals surface area contributed by atoms with Crippen molar-refractivity contribution in [1.82, 2.24) is 10.3 Å². The van der Waals surface area contributed by atoms with E-state index in [-0.39, 0.29) is 12.0 Å². The van der Waals surface area contributed by atoms with Gasteiger partial charge in [-0.1, -0.05) is 38.1 Å². The first-order valence-electron chi connectivity index (χ1n) is 9.84. The number of fused-ring (bicyclic) bond motifs is 3.